The summed E-state index contributed by atoms with van der Waals surface area (Å²) in [7, 11) is 1.44. The molecule has 4 rings (SSSR count). The molecule has 3 N–H and O–H groups in total. The van der Waals surface area contributed by atoms with E-state index >= 15 is 0 Å². The number of benzene rings is 2. The molecule has 5 nitrogen and oxygen atoms in total. The van der Waals surface area contributed by atoms with Crippen molar-refractivity contribution in [2.75, 3.05) is 17.8 Å². The Kier molecular flexibility index (Phi) is 5.03. The SMILES string of the molecule is CNn1c(Nc2c[nH]c3ccc(F)c(F)c23)nc2cc(C(F)(F)F)c(F)cc21.Cl. The Bertz CT molecular complexity index is 1210. The van der Waals surface area contributed by atoms with Crippen LogP contribution < -0.4 is 10.7 Å². The molecule has 0 amide bonds. The number of hydrogen-bond donors (Lipinski definition) is 3. The Morgan fingerprint density at radius 1 is 1.07 bits per heavy atom. The van der Waals surface area contributed by atoms with Gasteiger partial charge in [0.1, 0.15) is 5.82 Å². The second-order valence-corrected chi connectivity index (χ2v) is 5.92. The normalized spacial score (nSPS) is 11.7. The maximum Gasteiger partial charge on any atom is 0.419 e. The molecule has 0 saturated heterocycles. The molecular formula is C17H12ClF6N5. The number of aromatic amines is 1. The third-order valence-corrected chi connectivity index (χ3v) is 4.25. The van der Waals surface area contributed by atoms with E-state index in [0.717, 1.165) is 6.07 Å². The van der Waals surface area contributed by atoms with Gasteiger partial charge in [-0.1, -0.05) is 0 Å². The van der Waals surface area contributed by atoms with Crippen LogP contribution in [-0.2, 0) is 6.18 Å². The zero-order chi connectivity index (χ0) is 20.2. The van der Waals surface area contributed by atoms with Crippen molar-refractivity contribution in [3.8, 4) is 0 Å². The van der Waals surface area contributed by atoms with Crippen molar-refractivity contribution < 1.29 is 26.3 Å². The number of alkyl halides is 3. The summed E-state index contributed by atoms with van der Waals surface area (Å²) in [5.41, 5.74) is 1.50. The monoisotopic (exact) mass is 435 g/mol. The number of halogens is 7. The van der Waals surface area contributed by atoms with Crippen LogP contribution in [0.2, 0.25) is 0 Å². The third-order valence-electron chi connectivity index (χ3n) is 4.25. The molecule has 0 aliphatic rings. The Morgan fingerprint density at radius 2 is 1.79 bits per heavy atom. The smallest absolute Gasteiger partial charge is 0.359 e. The Morgan fingerprint density at radius 3 is 2.45 bits per heavy atom. The van der Waals surface area contributed by atoms with Crippen molar-refractivity contribution in [1.29, 1.82) is 0 Å². The van der Waals surface area contributed by atoms with E-state index in [9.17, 15) is 26.3 Å². The van der Waals surface area contributed by atoms with Gasteiger partial charge in [-0.2, -0.15) is 13.2 Å². The number of H-pyrrole nitrogens is 1. The molecule has 29 heavy (non-hydrogen) atoms. The van der Waals surface area contributed by atoms with E-state index in [4.69, 9.17) is 0 Å². The zero-order valence-corrected chi connectivity index (χ0v) is 15.3. The number of anilines is 2. The standard InChI is InChI=1S/C17H11F6N5.ClH/c1-24-28-13-5-9(19)7(17(21,22)23)4-11(13)26-16(28)27-12-6-25-10-3-2-8(18)15(20)14(10)12;/h2-6,24-25H,1H3,(H,26,27);1H. The molecule has 0 saturated carbocycles. The summed E-state index contributed by atoms with van der Waals surface area (Å²) in [5.74, 6) is -3.66. The highest BCUT2D eigenvalue weighted by molar-refractivity contribution is 5.95. The summed E-state index contributed by atoms with van der Waals surface area (Å²) in [6, 6.07) is 3.58. The van der Waals surface area contributed by atoms with Crippen molar-refractivity contribution in [3.63, 3.8) is 0 Å². The molecule has 2 heterocycles. The van der Waals surface area contributed by atoms with Crippen molar-refractivity contribution >= 4 is 46.0 Å². The van der Waals surface area contributed by atoms with Gasteiger partial charge in [-0.25, -0.2) is 22.8 Å². The number of rotatable bonds is 3. The van der Waals surface area contributed by atoms with Gasteiger partial charge in [0.25, 0.3) is 0 Å². The predicted molar refractivity (Wildman–Crippen MR) is 98.7 cm³/mol. The van der Waals surface area contributed by atoms with Gasteiger partial charge in [0.15, 0.2) is 11.6 Å². The second-order valence-electron chi connectivity index (χ2n) is 5.92. The molecule has 2 aromatic heterocycles. The number of hydrogen-bond acceptors (Lipinski definition) is 3. The van der Waals surface area contributed by atoms with Gasteiger partial charge in [-0.3, -0.25) is 0 Å². The molecule has 0 fully saturated rings. The van der Waals surface area contributed by atoms with Crippen molar-refractivity contribution in [2.45, 2.75) is 6.18 Å². The van der Waals surface area contributed by atoms with Crippen LogP contribution >= 0.6 is 12.4 Å². The molecule has 12 heteroatoms. The van der Waals surface area contributed by atoms with Crippen LogP contribution in [0.1, 0.15) is 5.56 Å². The Balaban J connectivity index is 0.00000240. The number of nitrogens with zero attached hydrogens (tertiary/aromatic N) is 2. The lowest BCUT2D eigenvalue weighted by molar-refractivity contribution is -0.139. The van der Waals surface area contributed by atoms with Crippen molar-refractivity contribution in [3.05, 3.63) is 53.5 Å². The van der Waals surface area contributed by atoms with Gasteiger partial charge in [0.2, 0.25) is 5.95 Å². The van der Waals surface area contributed by atoms with Gasteiger partial charge in [0.05, 0.1) is 33.2 Å². The molecular weight excluding hydrogens is 424 g/mol. The van der Waals surface area contributed by atoms with Crippen LogP contribution in [-0.4, -0.2) is 21.7 Å². The summed E-state index contributed by atoms with van der Waals surface area (Å²) in [4.78, 5) is 6.78. The Labute approximate surface area is 165 Å². The second kappa shape index (κ2) is 7.07. The molecule has 0 radical (unpaired) electrons. The number of aromatic nitrogens is 3. The quantitative estimate of drug-likeness (QED) is 0.383. The Hall–Kier alpha value is -3.08. The van der Waals surface area contributed by atoms with E-state index < -0.39 is 29.2 Å². The molecule has 0 spiro atoms. The lowest BCUT2D eigenvalue weighted by Gasteiger charge is -2.10. The highest BCUT2D eigenvalue weighted by atomic mass is 35.5. The molecule has 2 aromatic carbocycles. The fourth-order valence-electron chi connectivity index (χ4n) is 3.00. The summed E-state index contributed by atoms with van der Waals surface area (Å²) in [5, 5.41) is 2.64. The van der Waals surface area contributed by atoms with Gasteiger partial charge in [-0.05, 0) is 18.2 Å². The fourth-order valence-corrected chi connectivity index (χ4v) is 3.00. The molecule has 0 aliphatic heterocycles. The summed E-state index contributed by atoms with van der Waals surface area (Å²) in [6.07, 6.45) is -3.53. The lowest BCUT2D eigenvalue weighted by atomic mass is 10.2. The summed E-state index contributed by atoms with van der Waals surface area (Å²) < 4.78 is 81.7. The van der Waals surface area contributed by atoms with Crippen LogP contribution in [0.25, 0.3) is 21.9 Å². The van der Waals surface area contributed by atoms with Crippen LogP contribution in [0, 0.1) is 17.5 Å². The third kappa shape index (κ3) is 3.31. The fraction of sp³-hybridized carbons (Fsp3) is 0.118. The van der Waals surface area contributed by atoms with E-state index in [0.29, 0.717) is 17.6 Å². The minimum Gasteiger partial charge on any atom is -0.359 e. The average molecular weight is 436 g/mol. The van der Waals surface area contributed by atoms with E-state index in [-0.39, 0.29) is 40.5 Å². The van der Waals surface area contributed by atoms with Gasteiger partial charge >= 0.3 is 6.18 Å². The number of imidazole rings is 1. The molecule has 0 bridgehead atoms. The van der Waals surface area contributed by atoms with E-state index in [2.05, 4.69) is 20.7 Å². The van der Waals surface area contributed by atoms with Crippen molar-refractivity contribution in [1.82, 2.24) is 14.6 Å². The molecule has 0 aliphatic carbocycles. The van der Waals surface area contributed by atoms with Crippen LogP contribution in [0.5, 0.6) is 0 Å². The van der Waals surface area contributed by atoms with Crippen LogP contribution in [0.15, 0.2) is 30.5 Å². The van der Waals surface area contributed by atoms with Crippen LogP contribution in [0.4, 0.5) is 38.0 Å². The van der Waals surface area contributed by atoms with E-state index in [1.54, 1.807) is 0 Å². The van der Waals surface area contributed by atoms with Crippen molar-refractivity contribution in [2.24, 2.45) is 0 Å². The maximum atomic E-state index is 14.2. The maximum absolute atomic E-state index is 14.2. The summed E-state index contributed by atoms with van der Waals surface area (Å²) in [6.45, 7) is 0. The highest BCUT2D eigenvalue weighted by Crippen LogP contribution is 2.35. The number of nitrogens with one attached hydrogen (secondary N) is 3. The largest absolute Gasteiger partial charge is 0.419 e. The predicted octanol–water partition coefficient (Wildman–Crippen LogP) is 5.29. The van der Waals surface area contributed by atoms with E-state index in [1.807, 2.05) is 0 Å². The van der Waals surface area contributed by atoms with Crippen LogP contribution in [0.3, 0.4) is 0 Å². The highest BCUT2D eigenvalue weighted by Gasteiger charge is 2.35. The van der Waals surface area contributed by atoms with Gasteiger partial charge < -0.3 is 15.7 Å². The first kappa shape index (κ1) is 20.6. The van der Waals surface area contributed by atoms with E-state index in [1.165, 1.54) is 24.0 Å². The first-order valence-electron chi connectivity index (χ1n) is 7.89. The number of fused-ring (bicyclic) bond motifs is 2. The van der Waals surface area contributed by atoms with Gasteiger partial charge in [-0.15, -0.1) is 12.4 Å². The topological polar surface area (TPSA) is 57.7 Å². The first-order chi connectivity index (χ1) is 13.2. The molecule has 4 aromatic rings. The van der Waals surface area contributed by atoms with Gasteiger partial charge in [0, 0.05) is 19.3 Å². The lowest BCUT2D eigenvalue weighted by Crippen LogP contribution is -2.12. The average Bonchev–Trinajstić information content (AvgIpc) is 3.17. The first-order valence-corrected chi connectivity index (χ1v) is 7.89. The minimum atomic E-state index is -4.88. The summed E-state index contributed by atoms with van der Waals surface area (Å²) >= 11 is 0. The minimum absolute atomic E-state index is 0. The molecule has 0 atom stereocenters. The molecule has 154 valence electrons. The zero-order valence-electron chi connectivity index (χ0n) is 14.5. The molecule has 0 unspecified atom stereocenters.